The molecule has 2 rings (SSSR count). The molecular formula is C10H10N4O3. The first-order valence-corrected chi connectivity index (χ1v) is 4.88. The number of aromatic nitrogens is 3. The second kappa shape index (κ2) is 4.60. The third-order valence-corrected chi connectivity index (χ3v) is 2.06. The van der Waals surface area contributed by atoms with Crippen molar-refractivity contribution >= 4 is 11.8 Å². The smallest absolute Gasteiger partial charge is 0.339 e. The molecule has 7 heteroatoms. The lowest BCUT2D eigenvalue weighted by molar-refractivity contribution is 0.0697. The lowest BCUT2D eigenvalue weighted by atomic mass is 10.3. The number of aryl methyl sites for hydroxylation is 1. The zero-order chi connectivity index (χ0) is 12.3. The maximum atomic E-state index is 10.9. The second-order valence-corrected chi connectivity index (χ2v) is 3.38. The number of nitrogens with zero attached hydrogens (tertiary/aromatic N) is 3. The van der Waals surface area contributed by atoms with Crippen LogP contribution in [0, 0.1) is 6.92 Å². The van der Waals surface area contributed by atoms with Gasteiger partial charge < -0.3 is 14.9 Å². The summed E-state index contributed by atoms with van der Waals surface area (Å²) in [5, 5.41) is 22.9. The third kappa shape index (κ3) is 2.57. The molecule has 7 nitrogen and oxygen atoms in total. The minimum atomic E-state index is -1.06. The Morgan fingerprint density at radius 2 is 2.41 bits per heavy atom. The molecule has 0 unspecified atom stereocenters. The van der Waals surface area contributed by atoms with E-state index in [0.29, 0.717) is 18.0 Å². The maximum absolute atomic E-state index is 10.9. The zero-order valence-corrected chi connectivity index (χ0v) is 9.04. The van der Waals surface area contributed by atoms with Crippen LogP contribution >= 0.6 is 0 Å². The van der Waals surface area contributed by atoms with Gasteiger partial charge in [0.2, 0.25) is 0 Å². The molecule has 0 aromatic carbocycles. The van der Waals surface area contributed by atoms with Crippen LogP contribution in [0.25, 0.3) is 0 Å². The number of nitrogens with one attached hydrogen (secondary N) is 1. The predicted molar refractivity (Wildman–Crippen MR) is 57.6 cm³/mol. The van der Waals surface area contributed by atoms with Gasteiger partial charge in [-0.25, -0.2) is 4.79 Å². The molecule has 17 heavy (non-hydrogen) atoms. The van der Waals surface area contributed by atoms with Gasteiger partial charge in [-0.1, -0.05) is 5.16 Å². The van der Waals surface area contributed by atoms with Crippen molar-refractivity contribution in [2.75, 3.05) is 5.32 Å². The first-order chi connectivity index (χ1) is 8.16. The van der Waals surface area contributed by atoms with E-state index in [-0.39, 0.29) is 11.4 Å². The number of rotatable bonds is 4. The summed E-state index contributed by atoms with van der Waals surface area (Å²) in [6.45, 7) is 2.11. The molecule has 2 heterocycles. The highest BCUT2D eigenvalue weighted by atomic mass is 16.5. The van der Waals surface area contributed by atoms with Gasteiger partial charge in [-0.05, 0) is 13.0 Å². The fraction of sp³-hybridized carbons (Fsp3) is 0.200. The van der Waals surface area contributed by atoms with Crippen LogP contribution in [-0.2, 0) is 6.54 Å². The van der Waals surface area contributed by atoms with Gasteiger partial charge in [0, 0.05) is 6.07 Å². The van der Waals surface area contributed by atoms with Crippen molar-refractivity contribution in [3.8, 4) is 0 Å². The summed E-state index contributed by atoms with van der Waals surface area (Å²) in [6.07, 6.45) is 1.33. The predicted octanol–water partition coefficient (Wildman–Crippen LogP) is 1.08. The van der Waals surface area contributed by atoms with Crippen molar-refractivity contribution in [2.45, 2.75) is 13.5 Å². The van der Waals surface area contributed by atoms with E-state index < -0.39 is 5.97 Å². The average molecular weight is 234 g/mol. The Bertz CT molecular complexity index is 538. The SMILES string of the molecule is Cc1cc(CNc2nnccc2C(=O)O)no1. The molecule has 0 atom stereocenters. The van der Waals surface area contributed by atoms with Crippen LogP contribution in [0.15, 0.2) is 22.9 Å². The molecule has 0 aliphatic heterocycles. The van der Waals surface area contributed by atoms with E-state index in [1.54, 1.807) is 13.0 Å². The topological polar surface area (TPSA) is 101 Å². The standard InChI is InChI=1S/C10H10N4O3/c1-6-4-7(14-17-6)5-11-9-8(10(15)16)2-3-12-13-9/h2-4H,5H2,1H3,(H,11,13)(H,15,16). The van der Waals surface area contributed by atoms with Crippen LogP contribution in [-0.4, -0.2) is 26.4 Å². The van der Waals surface area contributed by atoms with Gasteiger partial charge in [0.15, 0.2) is 5.82 Å². The van der Waals surface area contributed by atoms with Crippen LogP contribution in [0.1, 0.15) is 21.8 Å². The Labute approximate surface area is 96.5 Å². The van der Waals surface area contributed by atoms with Crippen molar-refractivity contribution in [1.82, 2.24) is 15.4 Å². The Hall–Kier alpha value is -2.44. The van der Waals surface area contributed by atoms with Gasteiger partial charge in [-0.3, -0.25) is 0 Å². The van der Waals surface area contributed by atoms with Gasteiger partial charge >= 0.3 is 5.97 Å². The van der Waals surface area contributed by atoms with Crippen molar-refractivity contribution in [2.24, 2.45) is 0 Å². The Balaban J connectivity index is 2.11. The summed E-state index contributed by atoms with van der Waals surface area (Å²) in [7, 11) is 0. The summed E-state index contributed by atoms with van der Waals surface area (Å²) in [4.78, 5) is 10.9. The monoisotopic (exact) mass is 234 g/mol. The first kappa shape index (κ1) is 11.1. The lowest BCUT2D eigenvalue weighted by Gasteiger charge is -2.04. The molecule has 0 radical (unpaired) electrons. The fourth-order valence-electron chi connectivity index (χ4n) is 1.31. The average Bonchev–Trinajstić information content (AvgIpc) is 2.73. The van der Waals surface area contributed by atoms with Crippen molar-refractivity contribution < 1.29 is 14.4 Å². The van der Waals surface area contributed by atoms with Crippen LogP contribution in [0.5, 0.6) is 0 Å². The molecule has 88 valence electrons. The normalized spacial score (nSPS) is 10.2. The van der Waals surface area contributed by atoms with E-state index in [1.807, 2.05) is 0 Å². The summed E-state index contributed by atoms with van der Waals surface area (Å²) in [5.41, 5.74) is 0.740. The molecule has 2 aromatic heterocycles. The van der Waals surface area contributed by atoms with Gasteiger partial charge in [0.05, 0.1) is 12.7 Å². The van der Waals surface area contributed by atoms with E-state index in [2.05, 4.69) is 20.7 Å². The number of aromatic carboxylic acids is 1. The number of hydrogen-bond donors (Lipinski definition) is 2. The van der Waals surface area contributed by atoms with Crippen molar-refractivity contribution in [3.63, 3.8) is 0 Å². The van der Waals surface area contributed by atoms with E-state index >= 15 is 0 Å². The first-order valence-electron chi connectivity index (χ1n) is 4.88. The highest BCUT2D eigenvalue weighted by Gasteiger charge is 2.11. The third-order valence-electron chi connectivity index (χ3n) is 2.06. The van der Waals surface area contributed by atoms with Crippen LogP contribution in [0.4, 0.5) is 5.82 Å². The highest BCUT2D eigenvalue weighted by molar-refractivity contribution is 5.92. The Morgan fingerprint density at radius 3 is 3.06 bits per heavy atom. The number of carboxylic acids is 1. The molecule has 0 amide bonds. The van der Waals surface area contributed by atoms with Crippen LogP contribution < -0.4 is 5.32 Å². The van der Waals surface area contributed by atoms with Crippen molar-refractivity contribution in [3.05, 3.63) is 35.3 Å². The summed E-state index contributed by atoms with van der Waals surface area (Å²) >= 11 is 0. The molecule has 2 aromatic rings. The fourth-order valence-corrected chi connectivity index (χ4v) is 1.31. The summed E-state index contributed by atoms with van der Waals surface area (Å²) in [6, 6.07) is 3.13. The molecule has 0 aliphatic rings. The Morgan fingerprint density at radius 1 is 1.59 bits per heavy atom. The summed E-state index contributed by atoms with van der Waals surface area (Å²) < 4.78 is 4.89. The molecule has 0 aliphatic carbocycles. The molecule has 0 fully saturated rings. The van der Waals surface area contributed by atoms with Crippen LogP contribution in [0.2, 0.25) is 0 Å². The highest BCUT2D eigenvalue weighted by Crippen LogP contribution is 2.11. The molecule has 2 N–H and O–H groups in total. The zero-order valence-electron chi connectivity index (χ0n) is 9.04. The largest absolute Gasteiger partial charge is 0.478 e. The van der Waals surface area contributed by atoms with Gasteiger partial charge in [0.1, 0.15) is 17.0 Å². The van der Waals surface area contributed by atoms with Crippen LogP contribution in [0.3, 0.4) is 0 Å². The van der Waals surface area contributed by atoms with Gasteiger partial charge in [-0.15, -0.1) is 5.10 Å². The molecular weight excluding hydrogens is 224 g/mol. The second-order valence-electron chi connectivity index (χ2n) is 3.38. The quantitative estimate of drug-likeness (QED) is 0.816. The minimum absolute atomic E-state index is 0.0696. The van der Waals surface area contributed by atoms with E-state index in [9.17, 15) is 4.79 Å². The molecule has 0 saturated heterocycles. The number of anilines is 1. The lowest BCUT2D eigenvalue weighted by Crippen LogP contribution is -2.09. The van der Waals surface area contributed by atoms with Crippen molar-refractivity contribution in [1.29, 1.82) is 0 Å². The van der Waals surface area contributed by atoms with E-state index in [1.165, 1.54) is 12.3 Å². The summed E-state index contributed by atoms with van der Waals surface area (Å²) in [5.74, 6) is -0.154. The van der Waals surface area contributed by atoms with E-state index in [4.69, 9.17) is 9.63 Å². The molecule has 0 bridgehead atoms. The molecule has 0 saturated carbocycles. The van der Waals surface area contributed by atoms with Gasteiger partial charge in [-0.2, -0.15) is 5.10 Å². The van der Waals surface area contributed by atoms with E-state index in [0.717, 1.165) is 0 Å². The Kier molecular flexibility index (Phi) is 2.99. The molecule has 0 spiro atoms. The number of carbonyl (C=O) groups is 1. The maximum Gasteiger partial charge on any atom is 0.339 e. The number of hydrogen-bond acceptors (Lipinski definition) is 6. The number of carboxylic acid groups (broad SMARTS) is 1. The minimum Gasteiger partial charge on any atom is -0.478 e. The van der Waals surface area contributed by atoms with Gasteiger partial charge in [0.25, 0.3) is 0 Å².